The Morgan fingerprint density at radius 2 is 1.50 bits per heavy atom. The Morgan fingerprint density at radius 1 is 0.941 bits per heavy atom. The monoisotopic (exact) mass is 489 g/mol. The molecule has 5 nitrogen and oxygen atoms in total. The van der Waals surface area contributed by atoms with Crippen molar-refractivity contribution in [2.75, 3.05) is 5.32 Å². The zero-order chi connectivity index (χ0) is 25.4. The van der Waals surface area contributed by atoms with E-state index in [1.165, 1.54) is 11.5 Å². The Morgan fingerprint density at radius 3 is 2.00 bits per heavy atom. The van der Waals surface area contributed by atoms with Crippen molar-refractivity contribution in [3.05, 3.63) is 76.6 Å². The van der Waals surface area contributed by atoms with Crippen LogP contribution < -0.4 is 10.1 Å². The van der Waals surface area contributed by atoms with Crippen molar-refractivity contribution in [3.63, 3.8) is 0 Å². The molecule has 0 bridgehead atoms. The van der Waals surface area contributed by atoms with Crippen molar-refractivity contribution < 1.29 is 40.3 Å². The van der Waals surface area contributed by atoms with Crippen LogP contribution in [0.2, 0.25) is 0 Å². The van der Waals surface area contributed by atoms with Gasteiger partial charge in [-0.1, -0.05) is 32.9 Å². The molecule has 182 valence electrons. The van der Waals surface area contributed by atoms with E-state index in [4.69, 9.17) is 4.74 Å². The molecule has 0 saturated heterocycles. The Hall–Kier alpha value is -3.57. The lowest BCUT2D eigenvalue weighted by molar-refractivity contribution is -0.143. The van der Waals surface area contributed by atoms with Crippen LogP contribution in [0.4, 0.5) is 36.4 Å². The van der Waals surface area contributed by atoms with E-state index in [1.54, 1.807) is 12.1 Å². The fourth-order valence-electron chi connectivity index (χ4n) is 2.91. The van der Waals surface area contributed by atoms with E-state index in [1.807, 2.05) is 32.9 Å². The minimum atomic E-state index is -5.69. The molecule has 12 heteroatoms. The van der Waals surface area contributed by atoms with Crippen LogP contribution in [0.15, 0.2) is 36.5 Å². The summed E-state index contributed by atoms with van der Waals surface area (Å²) >= 11 is 0. The SMILES string of the molecule is CC(C)(C)c1ccc(OCn2ccc(C(=O)Nc3c(F)c(F)c(C(F)(F)F)c(F)c3F)n2)cc1. The maximum atomic E-state index is 14.0. The number of rotatable bonds is 5. The smallest absolute Gasteiger partial charge is 0.422 e. The van der Waals surface area contributed by atoms with Gasteiger partial charge < -0.3 is 10.1 Å². The molecule has 2 aromatic carbocycles. The molecule has 0 fully saturated rings. The lowest BCUT2D eigenvalue weighted by Gasteiger charge is -2.19. The van der Waals surface area contributed by atoms with E-state index in [0.29, 0.717) is 5.75 Å². The van der Waals surface area contributed by atoms with Gasteiger partial charge in [-0.15, -0.1) is 0 Å². The summed E-state index contributed by atoms with van der Waals surface area (Å²) in [5.74, 6) is -11.0. The quantitative estimate of drug-likeness (QED) is 0.351. The van der Waals surface area contributed by atoms with Crippen LogP contribution in [0.5, 0.6) is 5.75 Å². The number of hydrogen-bond acceptors (Lipinski definition) is 3. The molecule has 0 saturated carbocycles. The molecular weight excluding hydrogens is 471 g/mol. The van der Waals surface area contributed by atoms with Gasteiger partial charge in [0.05, 0.1) is 0 Å². The Balaban J connectivity index is 1.73. The zero-order valence-corrected chi connectivity index (χ0v) is 18.0. The van der Waals surface area contributed by atoms with Crippen molar-refractivity contribution in [2.24, 2.45) is 0 Å². The Labute approximate surface area is 189 Å². The van der Waals surface area contributed by atoms with Crippen molar-refractivity contribution in [1.29, 1.82) is 0 Å². The number of anilines is 1. The van der Waals surface area contributed by atoms with Crippen LogP contribution in [0, 0.1) is 23.3 Å². The molecule has 0 aliphatic heterocycles. The minimum absolute atomic E-state index is 0.0549. The lowest BCUT2D eigenvalue weighted by atomic mass is 9.87. The Bertz CT molecular complexity index is 1180. The molecule has 0 spiro atoms. The molecule has 0 aliphatic carbocycles. The van der Waals surface area contributed by atoms with Crippen LogP contribution in [-0.4, -0.2) is 15.7 Å². The summed E-state index contributed by atoms with van der Waals surface area (Å²) in [6, 6.07) is 8.33. The fraction of sp³-hybridized carbons (Fsp3) is 0.273. The van der Waals surface area contributed by atoms with Gasteiger partial charge in [-0.25, -0.2) is 22.2 Å². The fourth-order valence-corrected chi connectivity index (χ4v) is 2.91. The molecule has 1 aromatic heterocycles. The third kappa shape index (κ3) is 5.15. The number of hydrogen-bond donors (Lipinski definition) is 1. The van der Waals surface area contributed by atoms with Gasteiger partial charge in [0.25, 0.3) is 5.91 Å². The number of nitrogens with zero attached hydrogens (tertiary/aromatic N) is 2. The van der Waals surface area contributed by atoms with Gasteiger partial charge in [-0.2, -0.15) is 18.3 Å². The first-order valence-corrected chi connectivity index (χ1v) is 9.71. The molecule has 0 atom stereocenters. The number of carbonyl (C=O) groups excluding carboxylic acids is 1. The number of amides is 1. The first-order valence-electron chi connectivity index (χ1n) is 9.71. The third-order valence-electron chi connectivity index (χ3n) is 4.74. The number of ether oxygens (including phenoxy) is 1. The van der Waals surface area contributed by atoms with Gasteiger partial charge in [-0.3, -0.25) is 4.79 Å². The largest absolute Gasteiger partial charge is 0.471 e. The summed E-state index contributed by atoms with van der Waals surface area (Å²) in [5, 5.41) is 5.32. The molecule has 1 heterocycles. The zero-order valence-electron chi connectivity index (χ0n) is 18.0. The first kappa shape index (κ1) is 25.1. The summed E-state index contributed by atoms with van der Waals surface area (Å²) in [6.45, 7) is 5.98. The lowest BCUT2D eigenvalue weighted by Crippen LogP contribution is -2.21. The second kappa shape index (κ2) is 8.99. The van der Waals surface area contributed by atoms with Gasteiger partial charge in [0.2, 0.25) is 0 Å². The average molecular weight is 489 g/mol. The maximum absolute atomic E-state index is 14.0. The number of nitrogens with one attached hydrogen (secondary N) is 1. The van der Waals surface area contributed by atoms with E-state index in [-0.39, 0.29) is 12.1 Å². The second-order valence-corrected chi connectivity index (χ2v) is 8.25. The predicted molar refractivity (Wildman–Crippen MR) is 107 cm³/mol. The van der Waals surface area contributed by atoms with Gasteiger partial charge in [0.1, 0.15) is 17.0 Å². The van der Waals surface area contributed by atoms with E-state index < -0.39 is 52.3 Å². The van der Waals surface area contributed by atoms with Crippen molar-refractivity contribution in [1.82, 2.24) is 9.78 Å². The van der Waals surface area contributed by atoms with E-state index in [9.17, 15) is 35.5 Å². The highest BCUT2D eigenvalue weighted by Crippen LogP contribution is 2.38. The highest BCUT2D eigenvalue weighted by molar-refractivity contribution is 6.03. The molecule has 0 aliphatic rings. The second-order valence-electron chi connectivity index (χ2n) is 8.25. The summed E-state index contributed by atoms with van der Waals surface area (Å²) in [5.41, 5.74) is -3.87. The maximum Gasteiger partial charge on any atom is 0.422 e. The highest BCUT2D eigenvalue weighted by atomic mass is 19.4. The normalized spacial score (nSPS) is 12.1. The van der Waals surface area contributed by atoms with Gasteiger partial charge >= 0.3 is 6.18 Å². The standard InChI is InChI=1S/C22H18F7N3O2/c1-21(2,3)11-4-6-12(7-5-11)34-10-32-9-8-13(31-32)20(33)30-19-17(25)15(23)14(22(27,28)29)16(24)18(19)26/h4-9H,10H2,1-3H3,(H,30,33). The van der Waals surface area contributed by atoms with Crippen LogP contribution in [0.1, 0.15) is 42.4 Å². The molecule has 3 rings (SSSR count). The molecule has 0 radical (unpaired) electrons. The van der Waals surface area contributed by atoms with Crippen molar-refractivity contribution in [3.8, 4) is 5.75 Å². The van der Waals surface area contributed by atoms with Crippen molar-refractivity contribution in [2.45, 2.75) is 39.1 Å². The molecule has 1 N–H and O–H groups in total. The summed E-state index contributed by atoms with van der Waals surface area (Å²) in [4.78, 5) is 12.2. The van der Waals surface area contributed by atoms with E-state index >= 15 is 0 Å². The summed E-state index contributed by atoms with van der Waals surface area (Å²) in [7, 11) is 0. The molecule has 0 unspecified atom stereocenters. The molecule has 34 heavy (non-hydrogen) atoms. The topological polar surface area (TPSA) is 56.1 Å². The minimum Gasteiger partial charge on any atom is -0.471 e. The van der Waals surface area contributed by atoms with Crippen LogP contribution in [0.3, 0.4) is 0 Å². The molecular formula is C22H18F7N3O2. The number of carbonyl (C=O) groups is 1. The highest BCUT2D eigenvalue weighted by Gasteiger charge is 2.42. The van der Waals surface area contributed by atoms with Crippen LogP contribution >= 0.6 is 0 Å². The van der Waals surface area contributed by atoms with Crippen LogP contribution in [0.25, 0.3) is 0 Å². The van der Waals surface area contributed by atoms with Gasteiger partial charge in [0, 0.05) is 6.20 Å². The number of alkyl halides is 3. The van der Waals surface area contributed by atoms with E-state index in [2.05, 4.69) is 5.10 Å². The number of aromatic nitrogens is 2. The molecule has 3 aromatic rings. The molecule has 1 amide bonds. The Kier molecular flexibility index (Phi) is 6.63. The van der Waals surface area contributed by atoms with Crippen LogP contribution in [-0.2, 0) is 18.3 Å². The third-order valence-corrected chi connectivity index (χ3v) is 4.74. The van der Waals surface area contributed by atoms with Crippen molar-refractivity contribution >= 4 is 11.6 Å². The number of benzene rings is 2. The average Bonchev–Trinajstić information content (AvgIpc) is 3.22. The van der Waals surface area contributed by atoms with Gasteiger partial charge in [-0.05, 0) is 29.2 Å². The number of halogens is 7. The van der Waals surface area contributed by atoms with E-state index in [0.717, 1.165) is 16.3 Å². The van der Waals surface area contributed by atoms with Gasteiger partial charge in [0.15, 0.2) is 35.7 Å². The first-order chi connectivity index (χ1) is 15.7. The predicted octanol–water partition coefficient (Wildman–Crippen LogP) is 6.04. The summed E-state index contributed by atoms with van der Waals surface area (Å²) < 4.78 is 100. The summed E-state index contributed by atoms with van der Waals surface area (Å²) in [6.07, 6.45) is -4.41.